The van der Waals surface area contributed by atoms with Gasteiger partial charge in [0.2, 0.25) is 15.9 Å². The first kappa shape index (κ1) is 20.9. The SMILES string of the molecule is Cc1nn(C)c(C)c1S(=O)(=O)N1CCCN(CC(=O)NC(C)(C)C)CC1. The van der Waals surface area contributed by atoms with Crippen LogP contribution in [0.1, 0.15) is 38.6 Å². The van der Waals surface area contributed by atoms with Gasteiger partial charge in [-0.2, -0.15) is 9.40 Å². The molecule has 0 bridgehead atoms. The highest BCUT2D eigenvalue weighted by molar-refractivity contribution is 7.89. The van der Waals surface area contributed by atoms with Crippen LogP contribution < -0.4 is 5.32 Å². The Balaban J connectivity index is 2.07. The molecule has 0 aliphatic carbocycles. The molecular formula is C17H31N5O3S. The minimum atomic E-state index is -3.58. The summed E-state index contributed by atoms with van der Waals surface area (Å²) in [7, 11) is -1.83. The molecule has 2 rings (SSSR count). The molecule has 8 nitrogen and oxygen atoms in total. The zero-order chi connectivity index (χ0) is 19.7. The van der Waals surface area contributed by atoms with Crippen molar-refractivity contribution in [1.29, 1.82) is 0 Å². The van der Waals surface area contributed by atoms with Crippen LogP contribution in [0.15, 0.2) is 4.90 Å². The molecule has 0 saturated carbocycles. The Bertz CT molecular complexity index is 764. The third kappa shape index (κ3) is 4.83. The summed E-state index contributed by atoms with van der Waals surface area (Å²) in [5, 5.41) is 7.18. The van der Waals surface area contributed by atoms with Crippen molar-refractivity contribution in [3.05, 3.63) is 11.4 Å². The first-order chi connectivity index (χ1) is 11.9. The van der Waals surface area contributed by atoms with Gasteiger partial charge >= 0.3 is 0 Å². The van der Waals surface area contributed by atoms with Crippen molar-refractivity contribution in [3.63, 3.8) is 0 Å². The number of aromatic nitrogens is 2. The van der Waals surface area contributed by atoms with E-state index >= 15 is 0 Å². The maximum Gasteiger partial charge on any atom is 0.246 e. The van der Waals surface area contributed by atoms with Crippen LogP contribution in [0.2, 0.25) is 0 Å². The smallest absolute Gasteiger partial charge is 0.246 e. The number of sulfonamides is 1. The lowest BCUT2D eigenvalue weighted by atomic mass is 10.1. The minimum Gasteiger partial charge on any atom is -0.350 e. The number of aryl methyl sites for hydroxylation is 2. The molecule has 0 radical (unpaired) electrons. The number of carbonyl (C=O) groups excluding carboxylic acids is 1. The Hall–Kier alpha value is -1.45. The maximum atomic E-state index is 13.1. The fourth-order valence-corrected chi connectivity index (χ4v) is 5.13. The Morgan fingerprint density at radius 3 is 2.35 bits per heavy atom. The summed E-state index contributed by atoms with van der Waals surface area (Å²) in [4.78, 5) is 14.5. The molecule has 2 heterocycles. The van der Waals surface area contributed by atoms with E-state index < -0.39 is 10.0 Å². The standard InChI is InChI=1S/C17H31N5O3S/c1-13-16(14(2)20(6)19-13)26(24,25)22-9-7-8-21(10-11-22)12-15(23)18-17(3,4)5/h7-12H2,1-6H3,(H,18,23). The van der Waals surface area contributed by atoms with Crippen molar-refractivity contribution in [2.75, 3.05) is 32.7 Å². The third-order valence-electron chi connectivity index (χ3n) is 4.47. The summed E-state index contributed by atoms with van der Waals surface area (Å²) in [5.74, 6) is -0.0345. The number of hydrogen-bond acceptors (Lipinski definition) is 5. The molecule has 1 aliphatic heterocycles. The number of amides is 1. The zero-order valence-corrected chi connectivity index (χ0v) is 17.5. The summed E-state index contributed by atoms with van der Waals surface area (Å²) in [6.07, 6.45) is 0.695. The Labute approximate surface area is 156 Å². The fourth-order valence-electron chi connectivity index (χ4n) is 3.26. The quantitative estimate of drug-likeness (QED) is 0.822. The fraction of sp³-hybridized carbons (Fsp3) is 0.765. The average Bonchev–Trinajstić information content (AvgIpc) is 2.64. The van der Waals surface area contributed by atoms with Gasteiger partial charge in [-0.3, -0.25) is 14.4 Å². The van der Waals surface area contributed by atoms with Crippen LogP contribution in [0.5, 0.6) is 0 Å². The second-order valence-electron chi connectivity index (χ2n) is 7.96. The van der Waals surface area contributed by atoms with Gasteiger partial charge in [-0.25, -0.2) is 8.42 Å². The van der Waals surface area contributed by atoms with E-state index in [1.807, 2.05) is 25.7 Å². The van der Waals surface area contributed by atoms with E-state index in [2.05, 4.69) is 10.4 Å². The van der Waals surface area contributed by atoms with Crippen molar-refractivity contribution < 1.29 is 13.2 Å². The highest BCUT2D eigenvalue weighted by Crippen LogP contribution is 2.24. The first-order valence-corrected chi connectivity index (χ1v) is 10.4. The van der Waals surface area contributed by atoms with Gasteiger partial charge in [0.1, 0.15) is 4.90 Å². The van der Waals surface area contributed by atoms with Gasteiger partial charge in [-0.15, -0.1) is 0 Å². The lowest BCUT2D eigenvalue weighted by Gasteiger charge is -2.25. The molecule has 1 fully saturated rings. The molecule has 26 heavy (non-hydrogen) atoms. The van der Waals surface area contributed by atoms with Crippen LogP contribution in [0.3, 0.4) is 0 Å². The summed E-state index contributed by atoms with van der Waals surface area (Å²) in [6.45, 7) is 11.7. The van der Waals surface area contributed by atoms with Gasteiger partial charge in [0, 0.05) is 32.2 Å². The van der Waals surface area contributed by atoms with Crippen LogP contribution in [-0.2, 0) is 21.9 Å². The molecular weight excluding hydrogens is 354 g/mol. The molecule has 0 spiro atoms. The van der Waals surface area contributed by atoms with Gasteiger partial charge < -0.3 is 5.32 Å². The molecule has 1 saturated heterocycles. The molecule has 148 valence electrons. The van der Waals surface area contributed by atoms with Crippen LogP contribution >= 0.6 is 0 Å². The van der Waals surface area contributed by atoms with E-state index in [1.165, 1.54) is 4.31 Å². The van der Waals surface area contributed by atoms with Crippen LogP contribution in [0.4, 0.5) is 0 Å². The van der Waals surface area contributed by atoms with E-state index in [1.54, 1.807) is 25.6 Å². The van der Waals surface area contributed by atoms with Crippen molar-refractivity contribution >= 4 is 15.9 Å². The molecule has 9 heteroatoms. The van der Waals surface area contributed by atoms with Gasteiger partial charge in [0.05, 0.1) is 17.9 Å². The molecule has 1 aromatic heterocycles. The molecule has 0 unspecified atom stereocenters. The van der Waals surface area contributed by atoms with E-state index in [4.69, 9.17) is 0 Å². The predicted octanol–water partition coefficient (Wildman–Crippen LogP) is 0.648. The Kier molecular flexibility index (Phi) is 6.14. The normalized spacial score (nSPS) is 17.9. The number of nitrogens with zero attached hydrogens (tertiary/aromatic N) is 4. The predicted molar refractivity (Wildman–Crippen MR) is 100 cm³/mol. The molecule has 1 amide bonds. The monoisotopic (exact) mass is 385 g/mol. The lowest BCUT2D eigenvalue weighted by Crippen LogP contribution is -2.46. The summed E-state index contributed by atoms with van der Waals surface area (Å²) in [5.41, 5.74) is 0.900. The van der Waals surface area contributed by atoms with Crippen molar-refractivity contribution in [2.45, 2.75) is 51.5 Å². The number of carbonyl (C=O) groups is 1. The van der Waals surface area contributed by atoms with Gasteiger partial charge in [0.15, 0.2) is 0 Å². The number of hydrogen-bond donors (Lipinski definition) is 1. The van der Waals surface area contributed by atoms with Crippen LogP contribution in [-0.4, -0.2) is 71.6 Å². The minimum absolute atomic E-state index is 0.0345. The molecule has 0 atom stereocenters. The van der Waals surface area contributed by atoms with Gasteiger partial charge in [-0.05, 0) is 47.6 Å². The molecule has 1 aliphatic rings. The molecule has 1 aromatic rings. The summed E-state index contributed by atoms with van der Waals surface area (Å²) in [6, 6.07) is 0. The topological polar surface area (TPSA) is 87.5 Å². The summed E-state index contributed by atoms with van der Waals surface area (Å²) >= 11 is 0. The average molecular weight is 386 g/mol. The number of nitrogens with one attached hydrogen (secondary N) is 1. The molecule has 0 aromatic carbocycles. The van der Waals surface area contributed by atoms with E-state index in [0.717, 1.165) is 0 Å². The third-order valence-corrected chi connectivity index (χ3v) is 6.62. The van der Waals surface area contributed by atoms with E-state index in [0.29, 0.717) is 48.9 Å². The van der Waals surface area contributed by atoms with Crippen molar-refractivity contribution in [2.24, 2.45) is 7.05 Å². The molecule has 1 N–H and O–H groups in total. The van der Waals surface area contributed by atoms with Crippen LogP contribution in [0.25, 0.3) is 0 Å². The Morgan fingerprint density at radius 2 is 1.81 bits per heavy atom. The van der Waals surface area contributed by atoms with Crippen molar-refractivity contribution in [3.8, 4) is 0 Å². The lowest BCUT2D eigenvalue weighted by molar-refractivity contribution is -0.123. The summed E-state index contributed by atoms with van der Waals surface area (Å²) < 4.78 is 29.3. The second-order valence-corrected chi connectivity index (χ2v) is 9.83. The maximum absolute atomic E-state index is 13.1. The second kappa shape index (κ2) is 7.66. The highest BCUT2D eigenvalue weighted by Gasteiger charge is 2.32. The van der Waals surface area contributed by atoms with Crippen molar-refractivity contribution in [1.82, 2.24) is 24.3 Å². The van der Waals surface area contributed by atoms with Gasteiger partial charge in [-0.1, -0.05) is 0 Å². The van der Waals surface area contributed by atoms with Crippen LogP contribution in [0, 0.1) is 13.8 Å². The highest BCUT2D eigenvalue weighted by atomic mass is 32.2. The number of rotatable bonds is 4. The largest absolute Gasteiger partial charge is 0.350 e. The van der Waals surface area contributed by atoms with Gasteiger partial charge in [0.25, 0.3) is 0 Å². The zero-order valence-electron chi connectivity index (χ0n) is 16.7. The van der Waals surface area contributed by atoms with E-state index in [-0.39, 0.29) is 18.0 Å². The first-order valence-electron chi connectivity index (χ1n) is 8.95. The Morgan fingerprint density at radius 1 is 1.15 bits per heavy atom. The van der Waals surface area contributed by atoms with E-state index in [9.17, 15) is 13.2 Å².